The van der Waals surface area contributed by atoms with Crippen LogP contribution >= 0.6 is 0 Å². The molecule has 0 amide bonds. The third-order valence-corrected chi connectivity index (χ3v) is 4.40. The lowest BCUT2D eigenvalue weighted by molar-refractivity contribution is 0.310. The van der Waals surface area contributed by atoms with E-state index in [0.29, 0.717) is 24.5 Å². The Bertz CT molecular complexity index is 413. The molecule has 0 bridgehead atoms. The molecule has 1 fully saturated rings. The monoisotopic (exact) mass is 229 g/mol. The molecule has 5 nitrogen and oxygen atoms in total. The average molecular weight is 229 g/mol. The van der Waals surface area contributed by atoms with Crippen molar-refractivity contribution in [2.24, 2.45) is 0 Å². The van der Waals surface area contributed by atoms with Crippen molar-refractivity contribution in [1.82, 2.24) is 14.6 Å². The molecule has 1 atom stereocenters. The molecule has 0 spiro atoms. The van der Waals surface area contributed by atoms with Gasteiger partial charge < -0.3 is 10.3 Å². The van der Waals surface area contributed by atoms with Crippen LogP contribution in [0.4, 0.5) is 0 Å². The minimum Gasteiger partial charge on any atom is -0.366 e. The summed E-state index contributed by atoms with van der Waals surface area (Å²) >= 11 is 0. The molecule has 15 heavy (non-hydrogen) atoms. The summed E-state index contributed by atoms with van der Waals surface area (Å²) in [6, 6.07) is 1.80. The van der Waals surface area contributed by atoms with E-state index in [4.69, 9.17) is 0 Å². The molecule has 0 saturated carbocycles. The zero-order chi connectivity index (χ0) is 10.9. The summed E-state index contributed by atoms with van der Waals surface area (Å²) in [5, 5.41) is 3.22. The number of hydrogen-bond acceptors (Lipinski definition) is 3. The molecule has 2 N–H and O–H groups in total. The fourth-order valence-electron chi connectivity index (χ4n) is 1.73. The van der Waals surface area contributed by atoms with Gasteiger partial charge in [-0.1, -0.05) is 0 Å². The van der Waals surface area contributed by atoms with Crippen molar-refractivity contribution >= 4 is 10.0 Å². The van der Waals surface area contributed by atoms with E-state index in [9.17, 15) is 8.42 Å². The second-order valence-electron chi connectivity index (χ2n) is 3.76. The Morgan fingerprint density at radius 2 is 2.33 bits per heavy atom. The van der Waals surface area contributed by atoms with Crippen LogP contribution in [0.25, 0.3) is 0 Å². The van der Waals surface area contributed by atoms with E-state index in [-0.39, 0.29) is 6.04 Å². The Kier molecular flexibility index (Phi) is 2.81. The highest BCUT2D eigenvalue weighted by atomic mass is 32.2. The van der Waals surface area contributed by atoms with Gasteiger partial charge in [0.05, 0.1) is 4.90 Å². The lowest BCUT2D eigenvalue weighted by Gasteiger charge is -2.30. The summed E-state index contributed by atoms with van der Waals surface area (Å²) in [5.41, 5.74) is 0. The minimum atomic E-state index is -3.29. The summed E-state index contributed by atoms with van der Waals surface area (Å²) in [6.45, 7) is 3.77. The van der Waals surface area contributed by atoms with Crippen LogP contribution in [0, 0.1) is 0 Å². The zero-order valence-electron chi connectivity index (χ0n) is 8.60. The second kappa shape index (κ2) is 3.96. The molecule has 1 saturated heterocycles. The molecule has 1 unspecified atom stereocenters. The van der Waals surface area contributed by atoms with Crippen molar-refractivity contribution in [2.75, 3.05) is 19.6 Å². The van der Waals surface area contributed by atoms with E-state index < -0.39 is 10.0 Å². The summed E-state index contributed by atoms with van der Waals surface area (Å²) in [5.74, 6) is 0. The smallest absolute Gasteiger partial charge is 0.244 e. The van der Waals surface area contributed by atoms with Crippen LogP contribution in [0.3, 0.4) is 0 Å². The number of hydrogen-bond donors (Lipinski definition) is 2. The van der Waals surface area contributed by atoms with Gasteiger partial charge >= 0.3 is 0 Å². The van der Waals surface area contributed by atoms with E-state index in [2.05, 4.69) is 10.3 Å². The summed E-state index contributed by atoms with van der Waals surface area (Å²) in [4.78, 5) is 3.11. The highest BCUT2D eigenvalue weighted by Gasteiger charge is 2.28. The Labute approximate surface area is 89.5 Å². The molecule has 2 rings (SSSR count). The van der Waals surface area contributed by atoms with Gasteiger partial charge in [-0.15, -0.1) is 0 Å². The van der Waals surface area contributed by atoms with E-state index >= 15 is 0 Å². The van der Waals surface area contributed by atoms with Gasteiger partial charge in [0.25, 0.3) is 0 Å². The normalized spacial score (nSPS) is 24.2. The van der Waals surface area contributed by atoms with E-state index in [1.54, 1.807) is 12.3 Å². The summed E-state index contributed by atoms with van der Waals surface area (Å²) in [6.07, 6.45) is 3.14. The number of rotatable bonds is 2. The maximum absolute atomic E-state index is 12.1. The molecule has 84 valence electrons. The predicted molar refractivity (Wildman–Crippen MR) is 57.0 cm³/mol. The largest absolute Gasteiger partial charge is 0.366 e. The lowest BCUT2D eigenvalue weighted by atomic mass is 10.3. The number of aromatic nitrogens is 1. The second-order valence-corrected chi connectivity index (χ2v) is 5.70. The van der Waals surface area contributed by atoms with E-state index in [1.807, 2.05) is 6.92 Å². The van der Waals surface area contributed by atoms with Gasteiger partial charge in [0.2, 0.25) is 10.0 Å². The van der Waals surface area contributed by atoms with Crippen LogP contribution in [0.5, 0.6) is 0 Å². The predicted octanol–water partition coefficient (Wildman–Crippen LogP) is -0.00290. The maximum Gasteiger partial charge on any atom is 0.244 e. The van der Waals surface area contributed by atoms with Gasteiger partial charge in [0.1, 0.15) is 0 Å². The van der Waals surface area contributed by atoms with E-state index in [1.165, 1.54) is 10.5 Å². The third kappa shape index (κ3) is 2.06. The minimum absolute atomic E-state index is 0.215. The van der Waals surface area contributed by atoms with Crippen LogP contribution in [-0.2, 0) is 10.0 Å². The van der Waals surface area contributed by atoms with Crippen molar-refractivity contribution in [3.8, 4) is 0 Å². The van der Waals surface area contributed by atoms with Crippen molar-refractivity contribution in [3.63, 3.8) is 0 Å². The molecule has 0 aromatic carbocycles. The van der Waals surface area contributed by atoms with Gasteiger partial charge in [0, 0.05) is 38.1 Å². The van der Waals surface area contributed by atoms with Crippen molar-refractivity contribution in [2.45, 2.75) is 17.9 Å². The van der Waals surface area contributed by atoms with E-state index in [0.717, 1.165) is 0 Å². The Morgan fingerprint density at radius 3 is 2.93 bits per heavy atom. The van der Waals surface area contributed by atoms with Crippen LogP contribution in [0.15, 0.2) is 23.4 Å². The van der Waals surface area contributed by atoms with Gasteiger partial charge in [-0.25, -0.2) is 8.42 Å². The molecule has 1 aliphatic rings. The van der Waals surface area contributed by atoms with Crippen LogP contribution < -0.4 is 5.32 Å². The fourth-order valence-corrected chi connectivity index (χ4v) is 3.24. The maximum atomic E-state index is 12.1. The zero-order valence-corrected chi connectivity index (χ0v) is 9.42. The van der Waals surface area contributed by atoms with Gasteiger partial charge in [0.15, 0.2) is 0 Å². The first-order valence-corrected chi connectivity index (χ1v) is 6.41. The average Bonchev–Trinajstić information content (AvgIpc) is 2.71. The fraction of sp³-hybridized carbons (Fsp3) is 0.556. The van der Waals surface area contributed by atoms with Crippen molar-refractivity contribution in [1.29, 1.82) is 0 Å². The molecule has 1 aromatic rings. The lowest BCUT2D eigenvalue weighted by Crippen LogP contribution is -2.51. The molecule has 6 heteroatoms. The Hall–Kier alpha value is -0.850. The van der Waals surface area contributed by atoms with Gasteiger partial charge in [-0.3, -0.25) is 0 Å². The topological polar surface area (TPSA) is 65.2 Å². The number of H-pyrrole nitrogens is 1. The van der Waals surface area contributed by atoms with Crippen molar-refractivity contribution < 1.29 is 8.42 Å². The summed E-state index contributed by atoms with van der Waals surface area (Å²) < 4.78 is 25.7. The van der Waals surface area contributed by atoms with Gasteiger partial charge in [-0.2, -0.15) is 4.31 Å². The first-order chi connectivity index (χ1) is 7.10. The first kappa shape index (κ1) is 10.7. The quantitative estimate of drug-likeness (QED) is 0.750. The number of sulfonamides is 1. The molecular weight excluding hydrogens is 214 g/mol. The van der Waals surface area contributed by atoms with Crippen molar-refractivity contribution in [3.05, 3.63) is 18.5 Å². The number of nitrogens with one attached hydrogen (secondary N) is 2. The third-order valence-electron chi connectivity index (χ3n) is 2.54. The molecule has 0 radical (unpaired) electrons. The molecule has 0 aliphatic carbocycles. The number of piperazine rings is 1. The highest BCUT2D eigenvalue weighted by molar-refractivity contribution is 7.89. The molecular formula is C9H15N3O2S. The number of nitrogens with zero attached hydrogens (tertiary/aromatic N) is 1. The summed E-state index contributed by atoms with van der Waals surface area (Å²) in [7, 11) is -3.29. The SMILES string of the molecule is CC1CN(S(=O)(=O)c2cc[nH]c2)CCN1. The molecule has 2 heterocycles. The highest BCUT2D eigenvalue weighted by Crippen LogP contribution is 2.15. The Balaban J connectivity index is 2.22. The molecule has 1 aromatic heterocycles. The van der Waals surface area contributed by atoms with Crippen LogP contribution in [0.1, 0.15) is 6.92 Å². The van der Waals surface area contributed by atoms with Gasteiger partial charge in [-0.05, 0) is 13.0 Å². The van der Waals surface area contributed by atoms with Crippen LogP contribution in [-0.4, -0.2) is 43.4 Å². The van der Waals surface area contributed by atoms with Crippen LogP contribution in [0.2, 0.25) is 0 Å². The molecule has 1 aliphatic heterocycles. The first-order valence-electron chi connectivity index (χ1n) is 4.97. The number of aromatic amines is 1. The Morgan fingerprint density at radius 1 is 1.53 bits per heavy atom. The standard InChI is InChI=1S/C9H15N3O2S/c1-8-7-12(5-4-11-8)15(13,14)9-2-3-10-6-9/h2-3,6,8,10-11H,4-5,7H2,1H3.